The van der Waals surface area contributed by atoms with Crippen molar-refractivity contribution in [1.29, 1.82) is 0 Å². The molecule has 20 heavy (non-hydrogen) atoms. The van der Waals surface area contributed by atoms with Crippen LogP contribution in [0.2, 0.25) is 0 Å². The minimum Gasteiger partial charge on any atom is -0.324 e. The fourth-order valence-electron chi connectivity index (χ4n) is 2.52. The van der Waals surface area contributed by atoms with Gasteiger partial charge in [-0.2, -0.15) is 0 Å². The molecule has 2 N–H and O–H groups in total. The third-order valence-electron chi connectivity index (χ3n) is 3.61. The SMILES string of the molecule is O=C(Nc1ccccc1-n1ccnc1)[C@H]1CCCNC1. The monoisotopic (exact) mass is 270 g/mol. The molecule has 5 heteroatoms. The van der Waals surface area contributed by atoms with Gasteiger partial charge in [-0.05, 0) is 31.5 Å². The summed E-state index contributed by atoms with van der Waals surface area (Å²) in [5, 5.41) is 6.31. The van der Waals surface area contributed by atoms with Crippen LogP contribution in [0.1, 0.15) is 12.8 Å². The Kier molecular flexibility index (Phi) is 3.78. The summed E-state index contributed by atoms with van der Waals surface area (Å²) in [5.74, 6) is 0.143. The molecular formula is C15H18N4O. The van der Waals surface area contributed by atoms with Crippen LogP contribution in [0.4, 0.5) is 5.69 Å². The zero-order chi connectivity index (χ0) is 13.8. The molecule has 5 nitrogen and oxygen atoms in total. The van der Waals surface area contributed by atoms with E-state index in [9.17, 15) is 4.79 Å². The van der Waals surface area contributed by atoms with Gasteiger partial charge in [-0.25, -0.2) is 4.98 Å². The largest absolute Gasteiger partial charge is 0.324 e. The number of amides is 1. The van der Waals surface area contributed by atoms with E-state index in [0.29, 0.717) is 0 Å². The summed E-state index contributed by atoms with van der Waals surface area (Å²) in [6, 6.07) is 7.77. The highest BCUT2D eigenvalue weighted by Crippen LogP contribution is 2.21. The topological polar surface area (TPSA) is 59.0 Å². The van der Waals surface area contributed by atoms with Crippen molar-refractivity contribution < 1.29 is 4.79 Å². The molecular weight excluding hydrogens is 252 g/mol. The van der Waals surface area contributed by atoms with Crippen molar-refractivity contribution >= 4 is 11.6 Å². The van der Waals surface area contributed by atoms with E-state index in [-0.39, 0.29) is 11.8 Å². The highest BCUT2D eigenvalue weighted by Gasteiger charge is 2.21. The van der Waals surface area contributed by atoms with Crippen molar-refractivity contribution in [2.24, 2.45) is 5.92 Å². The van der Waals surface area contributed by atoms with Crippen molar-refractivity contribution in [1.82, 2.24) is 14.9 Å². The number of para-hydroxylation sites is 2. The summed E-state index contributed by atoms with van der Waals surface area (Å²) in [7, 11) is 0. The molecule has 1 saturated heterocycles. The lowest BCUT2D eigenvalue weighted by atomic mass is 9.99. The molecule has 2 heterocycles. The molecule has 104 valence electrons. The summed E-state index contributed by atoms with van der Waals surface area (Å²) >= 11 is 0. The first-order valence-corrected chi connectivity index (χ1v) is 6.93. The molecule has 1 atom stereocenters. The fourth-order valence-corrected chi connectivity index (χ4v) is 2.52. The first-order chi connectivity index (χ1) is 9.84. The molecule has 0 unspecified atom stereocenters. The van der Waals surface area contributed by atoms with Gasteiger partial charge in [0.25, 0.3) is 0 Å². The summed E-state index contributed by atoms with van der Waals surface area (Å²) in [4.78, 5) is 16.4. The van der Waals surface area contributed by atoms with E-state index in [2.05, 4.69) is 15.6 Å². The Morgan fingerprint density at radius 1 is 1.40 bits per heavy atom. The molecule has 1 aromatic heterocycles. The molecule has 0 radical (unpaired) electrons. The van der Waals surface area contributed by atoms with E-state index in [1.165, 1.54) is 0 Å². The number of rotatable bonds is 3. The highest BCUT2D eigenvalue weighted by atomic mass is 16.1. The van der Waals surface area contributed by atoms with Crippen LogP contribution in [-0.4, -0.2) is 28.5 Å². The Hall–Kier alpha value is -2.14. The first kappa shape index (κ1) is 12.9. The maximum atomic E-state index is 12.3. The Morgan fingerprint density at radius 3 is 3.05 bits per heavy atom. The van der Waals surface area contributed by atoms with Crippen LogP contribution < -0.4 is 10.6 Å². The summed E-state index contributed by atoms with van der Waals surface area (Å²) in [6.07, 6.45) is 7.33. The molecule has 0 spiro atoms. The molecule has 0 saturated carbocycles. The Morgan fingerprint density at radius 2 is 2.30 bits per heavy atom. The molecule has 1 aliphatic heterocycles. The van der Waals surface area contributed by atoms with Gasteiger partial charge in [0.05, 0.1) is 23.6 Å². The van der Waals surface area contributed by atoms with E-state index < -0.39 is 0 Å². The third kappa shape index (κ3) is 2.72. The molecule has 1 amide bonds. The van der Waals surface area contributed by atoms with E-state index in [1.54, 1.807) is 12.5 Å². The number of benzene rings is 1. The number of carbonyl (C=O) groups is 1. The second-order valence-corrected chi connectivity index (χ2v) is 5.02. The van der Waals surface area contributed by atoms with E-state index in [1.807, 2.05) is 35.0 Å². The predicted octanol–water partition coefficient (Wildman–Crippen LogP) is 1.81. The van der Waals surface area contributed by atoms with Crippen LogP contribution in [0.5, 0.6) is 0 Å². The Labute approximate surface area is 118 Å². The van der Waals surface area contributed by atoms with Gasteiger partial charge in [0.2, 0.25) is 5.91 Å². The Bertz CT molecular complexity index is 573. The number of aromatic nitrogens is 2. The molecule has 1 aliphatic rings. The number of hydrogen-bond acceptors (Lipinski definition) is 3. The van der Waals surface area contributed by atoms with Gasteiger partial charge in [0.15, 0.2) is 0 Å². The van der Waals surface area contributed by atoms with Crippen molar-refractivity contribution in [3.05, 3.63) is 43.0 Å². The highest BCUT2D eigenvalue weighted by molar-refractivity contribution is 5.94. The van der Waals surface area contributed by atoms with Gasteiger partial charge in [-0.1, -0.05) is 12.1 Å². The van der Waals surface area contributed by atoms with Crippen LogP contribution in [0.25, 0.3) is 5.69 Å². The third-order valence-corrected chi connectivity index (χ3v) is 3.61. The van der Waals surface area contributed by atoms with Gasteiger partial charge in [-0.15, -0.1) is 0 Å². The standard InChI is InChI=1S/C15H18N4O/c20-15(12-4-3-7-16-10-12)18-13-5-1-2-6-14(13)19-9-8-17-11-19/h1-2,5-6,8-9,11-12,16H,3-4,7,10H2,(H,18,20)/t12-/m0/s1. The fraction of sp³-hybridized carbons (Fsp3) is 0.333. The lowest BCUT2D eigenvalue weighted by Crippen LogP contribution is -2.37. The van der Waals surface area contributed by atoms with Crippen LogP contribution in [0, 0.1) is 5.92 Å². The molecule has 2 aromatic rings. The summed E-state index contributed by atoms with van der Waals surface area (Å²) in [6.45, 7) is 1.77. The van der Waals surface area contributed by atoms with E-state index >= 15 is 0 Å². The van der Waals surface area contributed by atoms with Gasteiger partial charge in [0, 0.05) is 18.9 Å². The average molecular weight is 270 g/mol. The maximum absolute atomic E-state index is 12.3. The maximum Gasteiger partial charge on any atom is 0.228 e. The zero-order valence-corrected chi connectivity index (χ0v) is 11.2. The van der Waals surface area contributed by atoms with Crippen molar-refractivity contribution in [3.8, 4) is 5.69 Å². The predicted molar refractivity (Wildman–Crippen MR) is 77.8 cm³/mol. The second-order valence-electron chi connectivity index (χ2n) is 5.02. The number of imidazole rings is 1. The first-order valence-electron chi connectivity index (χ1n) is 6.93. The summed E-state index contributed by atoms with van der Waals surface area (Å²) in [5.41, 5.74) is 1.75. The van der Waals surface area contributed by atoms with Crippen LogP contribution in [0.15, 0.2) is 43.0 Å². The molecule has 1 fully saturated rings. The average Bonchev–Trinajstić information content (AvgIpc) is 3.03. The number of nitrogens with one attached hydrogen (secondary N) is 2. The van der Waals surface area contributed by atoms with Gasteiger partial charge < -0.3 is 15.2 Å². The van der Waals surface area contributed by atoms with Crippen LogP contribution >= 0.6 is 0 Å². The molecule has 1 aromatic carbocycles. The number of nitrogens with zero attached hydrogens (tertiary/aromatic N) is 2. The quantitative estimate of drug-likeness (QED) is 0.894. The molecule has 3 rings (SSSR count). The molecule has 0 aliphatic carbocycles. The van der Waals surface area contributed by atoms with Gasteiger partial charge in [-0.3, -0.25) is 4.79 Å². The lowest BCUT2D eigenvalue weighted by Gasteiger charge is -2.22. The smallest absolute Gasteiger partial charge is 0.228 e. The molecule has 0 bridgehead atoms. The van der Waals surface area contributed by atoms with Crippen LogP contribution in [0.3, 0.4) is 0 Å². The van der Waals surface area contributed by atoms with Crippen LogP contribution in [-0.2, 0) is 4.79 Å². The van der Waals surface area contributed by atoms with E-state index in [0.717, 1.165) is 37.3 Å². The number of hydrogen-bond donors (Lipinski definition) is 2. The Balaban J connectivity index is 1.79. The van der Waals surface area contributed by atoms with Crippen molar-refractivity contribution in [2.75, 3.05) is 18.4 Å². The zero-order valence-electron chi connectivity index (χ0n) is 11.2. The van der Waals surface area contributed by atoms with Crippen molar-refractivity contribution in [3.63, 3.8) is 0 Å². The number of anilines is 1. The summed E-state index contributed by atoms with van der Waals surface area (Å²) < 4.78 is 1.90. The number of carbonyl (C=O) groups excluding carboxylic acids is 1. The normalized spacial score (nSPS) is 18.7. The second kappa shape index (κ2) is 5.88. The van der Waals surface area contributed by atoms with Crippen molar-refractivity contribution in [2.45, 2.75) is 12.8 Å². The minimum atomic E-state index is 0.0552. The van der Waals surface area contributed by atoms with E-state index in [4.69, 9.17) is 0 Å². The number of piperidine rings is 1. The van der Waals surface area contributed by atoms with Gasteiger partial charge >= 0.3 is 0 Å². The lowest BCUT2D eigenvalue weighted by molar-refractivity contribution is -0.120. The van der Waals surface area contributed by atoms with Gasteiger partial charge in [0.1, 0.15) is 0 Å². The minimum absolute atomic E-state index is 0.0552.